The smallest absolute Gasteiger partial charge is 0.240 e. The van der Waals surface area contributed by atoms with E-state index in [2.05, 4.69) is 31.0 Å². The van der Waals surface area contributed by atoms with Crippen molar-refractivity contribution < 1.29 is 4.79 Å². The van der Waals surface area contributed by atoms with Crippen LogP contribution in [0.4, 0.5) is 0 Å². The third-order valence-electron chi connectivity index (χ3n) is 4.84. The molecule has 2 saturated heterocycles. The second-order valence-electron chi connectivity index (χ2n) is 6.18. The van der Waals surface area contributed by atoms with Gasteiger partial charge in [-0.25, -0.2) is 0 Å². The maximum atomic E-state index is 12.7. The fourth-order valence-electron chi connectivity index (χ4n) is 3.59. The van der Waals surface area contributed by atoms with E-state index in [9.17, 15) is 4.79 Å². The summed E-state index contributed by atoms with van der Waals surface area (Å²) in [6.45, 7) is 7.65. The largest absolute Gasteiger partial charge is 0.336 e. The molecule has 2 aliphatic rings. The minimum Gasteiger partial charge on any atom is -0.336 e. The molecule has 1 N–H and O–H groups in total. The van der Waals surface area contributed by atoms with E-state index < -0.39 is 0 Å². The molecule has 0 aliphatic carbocycles. The molecule has 4 unspecified atom stereocenters. The summed E-state index contributed by atoms with van der Waals surface area (Å²) >= 11 is 0. The Morgan fingerprint density at radius 1 is 1.22 bits per heavy atom. The van der Waals surface area contributed by atoms with Gasteiger partial charge in [0.2, 0.25) is 5.91 Å². The predicted octanol–water partition coefficient (Wildman–Crippen LogP) is 2.55. The van der Waals surface area contributed by atoms with Gasteiger partial charge in [0, 0.05) is 12.1 Å². The minimum atomic E-state index is 0.0756. The summed E-state index contributed by atoms with van der Waals surface area (Å²) in [5, 5.41) is 3.43. The normalized spacial score (nSPS) is 37.6. The van der Waals surface area contributed by atoms with Gasteiger partial charge in [0.1, 0.15) is 0 Å². The molecule has 104 valence electrons. The molecule has 4 atom stereocenters. The number of nitrogens with one attached hydrogen (secondary N) is 1. The quantitative estimate of drug-likeness (QED) is 0.819. The maximum absolute atomic E-state index is 12.7. The summed E-state index contributed by atoms with van der Waals surface area (Å²) in [4.78, 5) is 14.9. The summed E-state index contributed by atoms with van der Waals surface area (Å²) < 4.78 is 0. The van der Waals surface area contributed by atoms with E-state index in [1.165, 1.54) is 32.1 Å². The molecule has 0 aromatic heterocycles. The summed E-state index contributed by atoms with van der Waals surface area (Å²) in [5.74, 6) is 1.09. The van der Waals surface area contributed by atoms with Crippen molar-refractivity contribution in [1.82, 2.24) is 10.2 Å². The maximum Gasteiger partial charge on any atom is 0.240 e. The summed E-state index contributed by atoms with van der Waals surface area (Å²) in [5.41, 5.74) is 0. The van der Waals surface area contributed by atoms with Crippen molar-refractivity contribution in [3.63, 3.8) is 0 Å². The van der Waals surface area contributed by atoms with Gasteiger partial charge < -0.3 is 10.2 Å². The van der Waals surface area contributed by atoms with E-state index >= 15 is 0 Å². The molecule has 2 aliphatic heterocycles. The monoisotopic (exact) mass is 252 g/mol. The Hall–Kier alpha value is -0.570. The molecule has 18 heavy (non-hydrogen) atoms. The van der Waals surface area contributed by atoms with Gasteiger partial charge in [-0.1, -0.05) is 13.3 Å². The lowest BCUT2D eigenvalue weighted by atomic mass is 9.88. The molecular formula is C15H28N2O. The van der Waals surface area contributed by atoms with Crippen LogP contribution in [0.5, 0.6) is 0 Å². The highest BCUT2D eigenvalue weighted by atomic mass is 16.2. The van der Waals surface area contributed by atoms with Gasteiger partial charge in [-0.3, -0.25) is 4.79 Å². The highest BCUT2D eigenvalue weighted by Gasteiger charge is 2.35. The Balaban J connectivity index is 2.00. The number of likely N-dealkylation sites (tertiary alicyclic amines) is 1. The molecule has 2 rings (SSSR count). The number of hydrogen-bond acceptors (Lipinski definition) is 2. The van der Waals surface area contributed by atoms with Crippen LogP contribution in [-0.4, -0.2) is 35.5 Å². The number of carbonyl (C=O) groups excluding carboxylic acids is 1. The topological polar surface area (TPSA) is 32.3 Å². The molecule has 0 bridgehead atoms. The van der Waals surface area contributed by atoms with Gasteiger partial charge in [0.15, 0.2) is 0 Å². The van der Waals surface area contributed by atoms with Crippen LogP contribution in [0, 0.1) is 5.92 Å². The number of rotatable bonds is 2. The van der Waals surface area contributed by atoms with Crippen LogP contribution < -0.4 is 5.32 Å². The summed E-state index contributed by atoms with van der Waals surface area (Å²) in [6, 6.07) is 0.918. The molecular weight excluding hydrogens is 224 g/mol. The lowest BCUT2D eigenvalue weighted by molar-refractivity contribution is -0.140. The van der Waals surface area contributed by atoms with E-state index in [4.69, 9.17) is 0 Å². The van der Waals surface area contributed by atoms with E-state index in [-0.39, 0.29) is 6.04 Å². The first-order valence-corrected chi connectivity index (χ1v) is 7.69. The molecule has 0 radical (unpaired) electrons. The molecule has 2 fully saturated rings. The molecule has 2 heterocycles. The highest BCUT2D eigenvalue weighted by molar-refractivity contribution is 5.82. The van der Waals surface area contributed by atoms with Crippen molar-refractivity contribution >= 4 is 5.91 Å². The van der Waals surface area contributed by atoms with Gasteiger partial charge in [-0.05, 0) is 58.4 Å². The second kappa shape index (κ2) is 6.05. The lowest BCUT2D eigenvalue weighted by Crippen LogP contribution is -2.56. The van der Waals surface area contributed by atoms with Crippen LogP contribution in [-0.2, 0) is 4.79 Å². The van der Waals surface area contributed by atoms with Gasteiger partial charge >= 0.3 is 0 Å². The van der Waals surface area contributed by atoms with Crippen molar-refractivity contribution in [1.29, 1.82) is 0 Å². The van der Waals surface area contributed by atoms with E-state index in [1.54, 1.807) is 0 Å². The molecule has 1 amide bonds. The molecule has 0 saturated carbocycles. The number of piperidine rings is 2. The summed E-state index contributed by atoms with van der Waals surface area (Å²) in [7, 11) is 0. The zero-order valence-corrected chi connectivity index (χ0v) is 12.1. The fraction of sp³-hybridized carbons (Fsp3) is 0.933. The van der Waals surface area contributed by atoms with E-state index in [0.717, 1.165) is 18.9 Å². The van der Waals surface area contributed by atoms with Gasteiger partial charge in [-0.15, -0.1) is 0 Å². The van der Waals surface area contributed by atoms with Crippen molar-refractivity contribution in [2.45, 2.75) is 77.4 Å². The van der Waals surface area contributed by atoms with Crippen molar-refractivity contribution in [3.8, 4) is 0 Å². The first-order chi connectivity index (χ1) is 8.63. The van der Waals surface area contributed by atoms with Gasteiger partial charge in [-0.2, -0.15) is 0 Å². The second-order valence-corrected chi connectivity index (χ2v) is 6.18. The standard InChI is InChI=1S/C15H28N2O/c1-4-13-8-9-16-14(10-13)15(18)17-11(2)6-5-7-12(17)3/h11-14,16H,4-10H2,1-3H3. The fourth-order valence-corrected chi connectivity index (χ4v) is 3.59. The van der Waals surface area contributed by atoms with Crippen molar-refractivity contribution in [3.05, 3.63) is 0 Å². The molecule has 0 spiro atoms. The zero-order valence-electron chi connectivity index (χ0n) is 12.1. The predicted molar refractivity (Wildman–Crippen MR) is 74.4 cm³/mol. The molecule has 3 nitrogen and oxygen atoms in total. The highest BCUT2D eigenvalue weighted by Crippen LogP contribution is 2.26. The Morgan fingerprint density at radius 3 is 2.50 bits per heavy atom. The number of hydrogen-bond donors (Lipinski definition) is 1. The van der Waals surface area contributed by atoms with E-state index in [0.29, 0.717) is 18.0 Å². The average molecular weight is 252 g/mol. The Kier molecular flexibility index (Phi) is 4.66. The first kappa shape index (κ1) is 13.9. The minimum absolute atomic E-state index is 0.0756. The van der Waals surface area contributed by atoms with Crippen LogP contribution in [0.2, 0.25) is 0 Å². The summed E-state index contributed by atoms with van der Waals surface area (Å²) in [6.07, 6.45) is 7.06. The van der Waals surface area contributed by atoms with Crippen LogP contribution in [0.3, 0.4) is 0 Å². The SMILES string of the molecule is CCC1CCNC(C(=O)N2C(C)CCCC2C)C1. The van der Waals surface area contributed by atoms with Gasteiger partial charge in [0.05, 0.1) is 6.04 Å². The average Bonchev–Trinajstić information content (AvgIpc) is 2.38. The molecule has 0 aromatic carbocycles. The van der Waals surface area contributed by atoms with Crippen LogP contribution in [0.1, 0.15) is 59.3 Å². The Bertz CT molecular complexity index is 282. The Morgan fingerprint density at radius 2 is 1.89 bits per heavy atom. The van der Waals surface area contributed by atoms with E-state index in [1.807, 2.05) is 0 Å². The molecule has 0 aromatic rings. The van der Waals surface area contributed by atoms with Crippen LogP contribution in [0.15, 0.2) is 0 Å². The Labute approximate surface area is 111 Å². The molecule has 3 heteroatoms. The van der Waals surface area contributed by atoms with Crippen LogP contribution >= 0.6 is 0 Å². The number of carbonyl (C=O) groups is 1. The van der Waals surface area contributed by atoms with Crippen molar-refractivity contribution in [2.75, 3.05) is 6.54 Å². The third-order valence-corrected chi connectivity index (χ3v) is 4.84. The van der Waals surface area contributed by atoms with Crippen molar-refractivity contribution in [2.24, 2.45) is 5.92 Å². The number of amides is 1. The van der Waals surface area contributed by atoms with Crippen LogP contribution in [0.25, 0.3) is 0 Å². The number of nitrogens with zero attached hydrogens (tertiary/aromatic N) is 1. The lowest BCUT2D eigenvalue weighted by Gasteiger charge is -2.42. The zero-order chi connectivity index (χ0) is 13.1. The third kappa shape index (κ3) is 2.87. The van der Waals surface area contributed by atoms with Gasteiger partial charge in [0.25, 0.3) is 0 Å². The first-order valence-electron chi connectivity index (χ1n) is 7.69.